The number of methoxy groups -OCH3 is 1. The van der Waals surface area contributed by atoms with Crippen molar-refractivity contribution in [3.8, 4) is 11.8 Å². The molecular weight excluding hydrogens is 394 g/mol. The molecule has 0 aliphatic rings. The van der Waals surface area contributed by atoms with Crippen molar-refractivity contribution >= 4 is 39.7 Å². The summed E-state index contributed by atoms with van der Waals surface area (Å²) in [6.07, 6.45) is 0.821. The fourth-order valence-corrected chi connectivity index (χ4v) is 3.33. The molecule has 1 heterocycles. The lowest BCUT2D eigenvalue weighted by atomic mass is 10.1. The van der Waals surface area contributed by atoms with Gasteiger partial charge >= 0.3 is 0 Å². The molecule has 0 aliphatic heterocycles. The van der Waals surface area contributed by atoms with Crippen molar-refractivity contribution in [2.24, 2.45) is 0 Å². The average molecular weight is 420 g/mol. The van der Waals surface area contributed by atoms with Crippen molar-refractivity contribution in [2.45, 2.75) is 20.3 Å². The molecule has 6 nitrogen and oxygen atoms in total. The van der Waals surface area contributed by atoms with E-state index in [1.165, 1.54) is 5.56 Å². The van der Waals surface area contributed by atoms with E-state index in [1.54, 1.807) is 7.11 Å². The van der Waals surface area contributed by atoms with Crippen molar-refractivity contribution in [1.29, 1.82) is 5.26 Å². The Bertz CT molecular complexity index is 1110. The van der Waals surface area contributed by atoms with Crippen LogP contribution in [0.15, 0.2) is 42.5 Å². The summed E-state index contributed by atoms with van der Waals surface area (Å²) in [4.78, 5) is 4.58. The van der Waals surface area contributed by atoms with E-state index in [1.807, 2.05) is 30.3 Å². The molecule has 154 valence electrons. The first-order valence-electron chi connectivity index (χ1n) is 9.75. The number of thiocarbonyl (C=S) groups is 1. The number of nitrogens with one attached hydrogen (secondary N) is 3. The number of hydrogen-bond donors (Lipinski definition) is 3. The zero-order valence-electron chi connectivity index (χ0n) is 17.4. The largest absolute Gasteiger partial charge is 0.497 e. The number of nitriles is 1. The molecular formula is C23H25N5OS. The molecule has 0 atom stereocenters. The van der Waals surface area contributed by atoms with E-state index in [2.05, 4.69) is 53.0 Å². The molecule has 3 N–H and O–H groups in total. The lowest BCUT2D eigenvalue weighted by molar-refractivity contribution is 0.415. The van der Waals surface area contributed by atoms with Gasteiger partial charge in [0.05, 0.1) is 18.2 Å². The third kappa shape index (κ3) is 5.37. The normalized spacial score (nSPS) is 10.3. The van der Waals surface area contributed by atoms with Gasteiger partial charge in [0.2, 0.25) is 0 Å². The zero-order valence-corrected chi connectivity index (χ0v) is 18.2. The fourth-order valence-electron chi connectivity index (χ4n) is 3.12. The second-order valence-electron chi connectivity index (χ2n) is 7.03. The van der Waals surface area contributed by atoms with E-state index in [0.717, 1.165) is 34.3 Å². The monoisotopic (exact) mass is 419 g/mol. The number of benzene rings is 2. The molecule has 0 bridgehead atoms. The standard InChI is InChI=1S/C23H25N5OS/c1-15-5-7-20(16(2)11-15)28-23(30)26-10-4-9-25-22-18(14-24)12-17-13-19(29-3)6-8-21(17)27-22/h5-8,11-13H,4,9-10H2,1-3H3,(H,25,27)(H2,26,28,30). The predicted octanol–water partition coefficient (Wildman–Crippen LogP) is 4.52. The van der Waals surface area contributed by atoms with Crippen LogP contribution in [0.1, 0.15) is 23.1 Å². The van der Waals surface area contributed by atoms with Gasteiger partial charge in [-0.2, -0.15) is 5.26 Å². The van der Waals surface area contributed by atoms with E-state index in [9.17, 15) is 5.26 Å². The minimum atomic E-state index is 0.510. The van der Waals surface area contributed by atoms with Gasteiger partial charge in [0.25, 0.3) is 0 Å². The highest BCUT2D eigenvalue weighted by Gasteiger charge is 2.07. The highest BCUT2D eigenvalue weighted by molar-refractivity contribution is 7.80. The number of aromatic nitrogens is 1. The van der Waals surface area contributed by atoms with Gasteiger partial charge in [-0.05, 0) is 68.4 Å². The second-order valence-corrected chi connectivity index (χ2v) is 7.44. The van der Waals surface area contributed by atoms with Crippen LogP contribution in [0.5, 0.6) is 5.75 Å². The first-order valence-corrected chi connectivity index (χ1v) is 10.2. The lowest BCUT2D eigenvalue weighted by Crippen LogP contribution is -2.30. The van der Waals surface area contributed by atoms with Crippen molar-refractivity contribution in [2.75, 3.05) is 30.8 Å². The lowest BCUT2D eigenvalue weighted by Gasteiger charge is -2.13. The van der Waals surface area contributed by atoms with Gasteiger partial charge in [-0.25, -0.2) is 4.98 Å². The molecule has 3 rings (SSSR count). The van der Waals surface area contributed by atoms with Crippen LogP contribution in [0, 0.1) is 25.2 Å². The molecule has 0 saturated heterocycles. The Morgan fingerprint density at radius 3 is 2.70 bits per heavy atom. The molecule has 7 heteroatoms. The maximum absolute atomic E-state index is 9.46. The molecule has 0 spiro atoms. The Labute approximate surface area is 182 Å². The molecule has 0 saturated carbocycles. The minimum Gasteiger partial charge on any atom is -0.497 e. The summed E-state index contributed by atoms with van der Waals surface area (Å²) < 4.78 is 5.24. The molecule has 0 radical (unpaired) electrons. The Hall–Kier alpha value is -3.37. The van der Waals surface area contributed by atoms with E-state index >= 15 is 0 Å². The number of anilines is 2. The Morgan fingerprint density at radius 1 is 1.13 bits per heavy atom. The summed E-state index contributed by atoms with van der Waals surface area (Å²) in [6.45, 7) is 5.50. The van der Waals surface area contributed by atoms with Crippen LogP contribution >= 0.6 is 12.2 Å². The van der Waals surface area contributed by atoms with Gasteiger partial charge in [-0.3, -0.25) is 0 Å². The number of pyridine rings is 1. The van der Waals surface area contributed by atoms with Crippen LogP contribution in [0.2, 0.25) is 0 Å². The van der Waals surface area contributed by atoms with Gasteiger partial charge in [0.1, 0.15) is 17.6 Å². The number of ether oxygens (including phenoxy) is 1. The third-order valence-corrected chi connectivity index (χ3v) is 4.95. The smallest absolute Gasteiger partial charge is 0.170 e. The van der Waals surface area contributed by atoms with Crippen LogP contribution in [0.4, 0.5) is 11.5 Å². The SMILES string of the molecule is COc1ccc2nc(NCCCNC(=S)Nc3ccc(C)cc3C)c(C#N)cc2c1. The number of fused-ring (bicyclic) bond motifs is 1. The predicted molar refractivity (Wildman–Crippen MR) is 126 cm³/mol. The summed E-state index contributed by atoms with van der Waals surface area (Å²) in [5.74, 6) is 1.33. The topological polar surface area (TPSA) is 82.0 Å². The molecule has 0 aliphatic carbocycles. The zero-order chi connectivity index (χ0) is 21.5. The van der Waals surface area contributed by atoms with E-state index in [4.69, 9.17) is 17.0 Å². The van der Waals surface area contributed by atoms with Gasteiger partial charge in [-0.1, -0.05) is 17.7 Å². The number of nitrogens with zero attached hydrogens (tertiary/aromatic N) is 2. The van der Waals surface area contributed by atoms with E-state index < -0.39 is 0 Å². The van der Waals surface area contributed by atoms with Crippen LogP contribution in [0.3, 0.4) is 0 Å². The first-order chi connectivity index (χ1) is 14.5. The number of rotatable bonds is 7. The molecule has 1 aromatic heterocycles. The first kappa shape index (κ1) is 21.3. The maximum atomic E-state index is 9.46. The van der Waals surface area contributed by atoms with Gasteiger partial charge in [0.15, 0.2) is 5.11 Å². The molecule has 3 aromatic rings. The van der Waals surface area contributed by atoms with Crippen LogP contribution in [-0.4, -0.2) is 30.3 Å². The molecule has 30 heavy (non-hydrogen) atoms. The fraction of sp³-hybridized carbons (Fsp3) is 0.261. The van der Waals surface area contributed by atoms with Gasteiger partial charge in [0, 0.05) is 24.2 Å². The van der Waals surface area contributed by atoms with E-state index in [-0.39, 0.29) is 0 Å². The molecule has 0 amide bonds. The Morgan fingerprint density at radius 2 is 1.97 bits per heavy atom. The number of hydrogen-bond acceptors (Lipinski definition) is 5. The summed E-state index contributed by atoms with van der Waals surface area (Å²) in [6, 6.07) is 15.9. The van der Waals surface area contributed by atoms with E-state index in [0.29, 0.717) is 29.6 Å². The summed E-state index contributed by atoms with van der Waals surface area (Å²) >= 11 is 5.38. The van der Waals surface area contributed by atoms with Crippen molar-refractivity contribution < 1.29 is 4.74 Å². The average Bonchev–Trinajstić information content (AvgIpc) is 2.74. The maximum Gasteiger partial charge on any atom is 0.170 e. The molecule has 0 fully saturated rings. The van der Waals surface area contributed by atoms with Crippen molar-refractivity contribution in [3.63, 3.8) is 0 Å². The van der Waals surface area contributed by atoms with Crippen LogP contribution in [-0.2, 0) is 0 Å². The van der Waals surface area contributed by atoms with Crippen molar-refractivity contribution in [1.82, 2.24) is 10.3 Å². The highest BCUT2D eigenvalue weighted by atomic mass is 32.1. The minimum absolute atomic E-state index is 0.510. The summed E-state index contributed by atoms with van der Waals surface area (Å²) in [7, 11) is 1.62. The quantitative estimate of drug-likeness (QED) is 0.384. The van der Waals surface area contributed by atoms with Crippen LogP contribution in [0.25, 0.3) is 10.9 Å². The third-order valence-electron chi connectivity index (χ3n) is 4.70. The number of aryl methyl sites for hydroxylation is 2. The summed E-state index contributed by atoms with van der Waals surface area (Å²) in [5.41, 5.74) is 4.71. The van der Waals surface area contributed by atoms with Crippen molar-refractivity contribution in [3.05, 3.63) is 59.2 Å². The summed E-state index contributed by atoms with van der Waals surface area (Å²) in [5, 5.41) is 20.6. The van der Waals surface area contributed by atoms with Crippen LogP contribution < -0.4 is 20.7 Å². The Balaban J connectivity index is 1.51. The highest BCUT2D eigenvalue weighted by Crippen LogP contribution is 2.24. The van der Waals surface area contributed by atoms with Gasteiger partial charge < -0.3 is 20.7 Å². The second kappa shape index (κ2) is 9.90. The van der Waals surface area contributed by atoms with Gasteiger partial charge in [-0.15, -0.1) is 0 Å². The molecule has 0 unspecified atom stereocenters. The Kier molecular flexibility index (Phi) is 7.04. The molecule has 2 aromatic carbocycles.